The highest BCUT2D eigenvalue weighted by atomic mass is 16.5. The van der Waals surface area contributed by atoms with Crippen molar-refractivity contribution in [1.82, 2.24) is 0 Å². The van der Waals surface area contributed by atoms with Crippen molar-refractivity contribution in [2.75, 3.05) is 0 Å². The number of hydrogen-bond acceptors (Lipinski definition) is 1. The van der Waals surface area contributed by atoms with Gasteiger partial charge in [-0.15, -0.1) is 0 Å². The molecule has 31 heavy (non-hydrogen) atoms. The van der Waals surface area contributed by atoms with Crippen LogP contribution in [0.2, 0.25) is 0 Å². The van der Waals surface area contributed by atoms with Crippen LogP contribution in [0.3, 0.4) is 0 Å². The highest BCUT2D eigenvalue weighted by Crippen LogP contribution is 2.33. The molecule has 4 aromatic carbocycles. The SMILES string of the molecule is Cc1ccccc1CC(OC(Cc1ccccc1C)c1ccccc1)c1ccccc1. The highest BCUT2D eigenvalue weighted by molar-refractivity contribution is 5.31. The fraction of sp³-hybridized carbons (Fsp3) is 0.200. The topological polar surface area (TPSA) is 9.23 Å². The molecule has 0 heterocycles. The Bertz CT molecular complexity index is 996. The molecule has 0 aliphatic rings. The molecular formula is C30H30O. The molecular weight excluding hydrogens is 376 g/mol. The van der Waals surface area contributed by atoms with Crippen molar-refractivity contribution < 1.29 is 4.74 Å². The fourth-order valence-corrected chi connectivity index (χ4v) is 4.10. The van der Waals surface area contributed by atoms with Crippen LogP contribution in [0.25, 0.3) is 0 Å². The van der Waals surface area contributed by atoms with Crippen LogP contribution in [0.15, 0.2) is 109 Å². The molecule has 0 N–H and O–H groups in total. The smallest absolute Gasteiger partial charge is 0.0873 e. The summed E-state index contributed by atoms with van der Waals surface area (Å²) >= 11 is 0. The van der Waals surface area contributed by atoms with Gasteiger partial charge < -0.3 is 4.74 Å². The molecule has 0 saturated carbocycles. The van der Waals surface area contributed by atoms with Gasteiger partial charge in [0.2, 0.25) is 0 Å². The van der Waals surface area contributed by atoms with Gasteiger partial charge in [0, 0.05) is 12.8 Å². The number of rotatable bonds is 8. The molecule has 4 rings (SSSR count). The van der Waals surface area contributed by atoms with Gasteiger partial charge in [0.05, 0.1) is 12.2 Å². The zero-order valence-electron chi connectivity index (χ0n) is 18.4. The van der Waals surface area contributed by atoms with Gasteiger partial charge >= 0.3 is 0 Å². The van der Waals surface area contributed by atoms with Gasteiger partial charge in [-0.25, -0.2) is 0 Å². The minimum Gasteiger partial charge on any atom is -0.365 e. The summed E-state index contributed by atoms with van der Waals surface area (Å²) in [6.45, 7) is 4.36. The Morgan fingerprint density at radius 2 is 0.839 bits per heavy atom. The van der Waals surface area contributed by atoms with E-state index in [1.807, 2.05) is 0 Å². The summed E-state index contributed by atoms with van der Waals surface area (Å²) in [5, 5.41) is 0. The lowest BCUT2D eigenvalue weighted by Gasteiger charge is -2.27. The van der Waals surface area contributed by atoms with E-state index in [4.69, 9.17) is 4.74 Å². The summed E-state index contributed by atoms with van der Waals surface area (Å²) in [7, 11) is 0. The molecule has 4 aromatic rings. The monoisotopic (exact) mass is 406 g/mol. The largest absolute Gasteiger partial charge is 0.365 e. The molecule has 0 aliphatic carbocycles. The maximum absolute atomic E-state index is 6.94. The van der Waals surface area contributed by atoms with Gasteiger partial charge in [0.1, 0.15) is 0 Å². The molecule has 156 valence electrons. The summed E-state index contributed by atoms with van der Waals surface area (Å²) in [5.41, 5.74) is 7.72. The van der Waals surface area contributed by atoms with Crippen molar-refractivity contribution in [3.63, 3.8) is 0 Å². The third-order valence-corrected chi connectivity index (χ3v) is 6.00. The predicted octanol–water partition coefficient (Wildman–Crippen LogP) is 7.59. The third kappa shape index (κ3) is 5.51. The van der Waals surface area contributed by atoms with Crippen molar-refractivity contribution in [3.8, 4) is 0 Å². The quantitative estimate of drug-likeness (QED) is 0.293. The van der Waals surface area contributed by atoms with E-state index in [-0.39, 0.29) is 12.2 Å². The van der Waals surface area contributed by atoms with Gasteiger partial charge in [-0.2, -0.15) is 0 Å². The van der Waals surface area contributed by atoms with E-state index in [0.29, 0.717) is 0 Å². The van der Waals surface area contributed by atoms with Crippen LogP contribution >= 0.6 is 0 Å². The second kappa shape index (κ2) is 10.2. The molecule has 0 aromatic heterocycles. The molecule has 1 nitrogen and oxygen atoms in total. The summed E-state index contributed by atoms with van der Waals surface area (Å²) in [6, 6.07) is 38.5. The summed E-state index contributed by atoms with van der Waals surface area (Å²) in [6.07, 6.45) is 1.68. The van der Waals surface area contributed by atoms with Crippen molar-refractivity contribution in [3.05, 3.63) is 143 Å². The van der Waals surface area contributed by atoms with E-state index < -0.39 is 0 Å². The average molecular weight is 407 g/mol. The second-order valence-electron chi connectivity index (χ2n) is 8.20. The van der Waals surface area contributed by atoms with Crippen LogP contribution < -0.4 is 0 Å². The summed E-state index contributed by atoms with van der Waals surface area (Å²) in [5.74, 6) is 0. The lowest BCUT2D eigenvalue weighted by molar-refractivity contribution is -0.0150. The Morgan fingerprint density at radius 3 is 1.23 bits per heavy atom. The third-order valence-electron chi connectivity index (χ3n) is 6.00. The molecule has 0 radical (unpaired) electrons. The van der Waals surface area contributed by atoms with Gasteiger partial charge in [-0.05, 0) is 47.2 Å². The van der Waals surface area contributed by atoms with Crippen LogP contribution in [0.4, 0.5) is 0 Å². The zero-order chi connectivity index (χ0) is 21.5. The maximum Gasteiger partial charge on any atom is 0.0873 e. The Kier molecular flexibility index (Phi) is 6.96. The lowest BCUT2D eigenvalue weighted by Crippen LogP contribution is -2.16. The molecule has 2 atom stereocenters. The molecule has 0 saturated heterocycles. The molecule has 0 fully saturated rings. The molecule has 0 aliphatic heterocycles. The molecule has 2 unspecified atom stereocenters. The molecule has 1 heteroatoms. The van der Waals surface area contributed by atoms with Crippen molar-refractivity contribution in [2.24, 2.45) is 0 Å². The van der Waals surface area contributed by atoms with E-state index in [9.17, 15) is 0 Å². The Hall–Kier alpha value is -3.16. The van der Waals surface area contributed by atoms with Crippen molar-refractivity contribution in [2.45, 2.75) is 38.9 Å². The van der Waals surface area contributed by atoms with E-state index in [1.165, 1.54) is 33.4 Å². The first-order valence-corrected chi connectivity index (χ1v) is 11.0. The number of aryl methyl sites for hydroxylation is 2. The fourth-order valence-electron chi connectivity index (χ4n) is 4.10. The first kappa shape index (κ1) is 21.1. The van der Waals surface area contributed by atoms with Crippen molar-refractivity contribution >= 4 is 0 Å². The standard InChI is InChI=1S/C30H30O/c1-23-13-9-11-19-27(23)21-29(25-15-5-3-6-16-25)31-30(26-17-7-4-8-18-26)22-28-20-12-10-14-24(28)2/h3-20,29-30H,21-22H2,1-2H3. The summed E-state index contributed by atoms with van der Waals surface area (Å²) in [4.78, 5) is 0. The molecule has 0 bridgehead atoms. The lowest BCUT2D eigenvalue weighted by atomic mass is 9.95. The Labute approximate surface area is 186 Å². The Morgan fingerprint density at radius 1 is 0.484 bits per heavy atom. The van der Waals surface area contributed by atoms with Crippen LogP contribution in [-0.4, -0.2) is 0 Å². The number of benzene rings is 4. The van der Waals surface area contributed by atoms with Crippen LogP contribution in [-0.2, 0) is 17.6 Å². The van der Waals surface area contributed by atoms with Gasteiger partial charge in [0.25, 0.3) is 0 Å². The van der Waals surface area contributed by atoms with Crippen LogP contribution in [0, 0.1) is 13.8 Å². The van der Waals surface area contributed by atoms with Gasteiger partial charge in [-0.1, -0.05) is 109 Å². The maximum atomic E-state index is 6.94. The van der Waals surface area contributed by atoms with Crippen molar-refractivity contribution in [1.29, 1.82) is 0 Å². The normalized spacial score (nSPS) is 13.0. The molecule has 0 spiro atoms. The Balaban J connectivity index is 1.68. The van der Waals surface area contributed by atoms with Crippen LogP contribution in [0.1, 0.15) is 45.6 Å². The number of ether oxygens (including phenoxy) is 1. The predicted molar refractivity (Wildman–Crippen MR) is 129 cm³/mol. The second-order valence-corrected chi connectivity index (χ2v) is 8.20. The van der Waals surface area contributed by atoms with E-state index in [2.05, 4.69) is 123 Å². The van der Waals surface area contributed by atoms with Gasteiger partial charge in [-0.3, -0.25) is 0 Å². The minimum atomic E-state index is -0.0171. The van der Waals surface area contributed by atoms with Crippen LogP contribution in [0.5, 0.6) is 0 Å². The summed E-state index contributed by atoms with van der Waals surface area (Å²) < 4.78 is 6.94. The van der Waals surface area contributed by atoms with E-state index in [0.717, 1.165) is 12.8 Å². The first-order valence-electron chi connectivity index (χ1n) is 11.0. The first-order chi connectivity index (χ1) is 15.2. The average Bonchev–Trinajstić information content (AvgIpc) is 2.82. The van der Waals surface area contributed by atoms with E-state index in [1.54, 1.807) is 0 Å². The highest BCUT2D eigenvalue weighted by Gasteiger charge is 2.22. The zero-order valence-corrected chi connectivity index (χ0v) is 18.4. The van der Waals surface area contributed by atoms with Gasteiger partial charge in [0.15, 0.2) is 0 Å². The van der Waals surface area contributed by atoms with E-state index >= 15 is 0 Å². The molecule has 0 amide bonds. The number of hydrogen-bond donors (Lipinski definition) is 0. The minimum absolute atomic E-state index is 0.0171.